The maximum absolute atomic E-state index is 11.0. The Bertz CT molecular complexity index is 198. The predicted octanol–water partition coefficient (Wildman–Crippen LogP) is 0.615. The first kappa shape index (κ1) is 7.98. The summed E-state index contributed by atoms with van der Waals surface area (Å²) in [7, 11) is 0. The largest absolute Gasteiger partial charge is 0.296 e. The zero-order valence-corrected chi connectivity index (χ0v) is 6.30. The van der Waals surface area contributed by atoms with Crippen molar-refractivity contribution >= 4 is 11.8 Å². The Labute approximate surface area is 65.5 Å². The van der Waals surface area contributed by atoms with Crippen LogP contribution in [-0.2, 0) is 9.59 Å². The van der Waals surface area contributed by atoms with E-state index in [1.807, 2.05) is 0 Å². The summed E-state index contributed by atoms with van der Waals surface area (Å²) in [5, 5.41) is 2.29. The SMILES string of the molecule is C=CCC1CCC(=O)NC1=O. The molecule has 3 nitrogen and oxygen atoms in total. The second-order valence-electron chi connectivity index (χ2n) is 2.67. The van der Waals surface area contributed by atoms with E-state index < -0.39 is 0 Å². The van der Waals surface area contributed by atoms with Crippen LogP contribution in [0.2, 0.25) is 0 Å². The fourth-order valence-corrected chi connectivity index (χ4v) is 1.16. The van der Waals surface area contributed by atoms with Gasteiger partial charge in [0.1, 0.15) is 0 Å². The third kappa shape index (κ3) is 1.90. The molecule has 0 aromatic carbocycles. The highest BCUT2D eigenvalue weighted by atomic mass is 16.2. The van der Waals surface area contributed by atoms with Crippen molar-refractivity contribution in [1.82, 2.24) is 5.32 Å². The molecule has 0 radical (unpaired) electrons. The highest BCUT2D eigenvalue weighted by Gasteiger charge is 2.24. The van der Waals surface area contributed by atoms with Crippen LogP contribution < -0.4 is 5.32 Å². The summed E-state index contributed by atoms with van der Waals surface area (Å²) in [6.45, 7) is 3.54. The lowest BCUT2D eigenvalue weighted by atomic mass is 9.95. The van der Waals surface area contributed by atoms with E-state index >= 15 is 0 Å². The topological polar surface area (TPSA) is 46.2 Å². The normalized spacial score (nSPS) is 24.5. The summed E-state index contributed by atoms with van der Waals surface area (Å²) in [6.07, 6.45) is 3.50. The third-order valence-electron chi connectivity index (χ3n) is 1.80. The maximum atomic E-state index is 11.0. The van der Waals surface area contributed by atoms with Crippen molar-refractivity contribution in [2.45, 2.75) is 19.3 Å². The van der Waals surface area contributed by atoms with Crippen LogP contribution in [0.25, 0.3) is 0 Å². The number of amides is 2. The number of carbonyl (C=O) groups is 2. The monoisotopic (exact) mass is 153 g/mol. The minimum absolute atomic E-state index is 0.0369. The average molecular weight is 153 g/mol. The molecule has 1 N–H and O–H groups in total. The van der Waals surface area contributed by atoms with Gasteiger partial charge in [0.2, 0.25) is 11.8 Å². The molecular weight excluding hydrogens is 142 g/mol. The van der Waals surface area contributed by atoms with Crippen LogP contribution >= 0.6 is 0 Å². The van der Waals surface area contributed by atoms with Gasteiger partial charge in [0.25, 0.3) is 0 Å². The van der Waals surface area contributed by atoms with Crippen LogP contribution in [-0.4, -0.2) is 11.8 Å². The Morgan fingerprint density at radius 2 is 2.36 bits per heavy atom. The maximum Gasteiger partial charge on any atom is 0.229 e. The second kappa shape index (κ2) is 3.32. The number of rotatable bonds is 2. The standard InChI is InChI=1S/C8H11NO2/c1-2-3-6-4-5-7(10)9-8(6)11/h2,6H,1,3-5H2,(H,9,10,11). The zero-order chi connectivity index (χ0) is 8.27. The molecule has 0 bridgehead atoms. The summed E-state index contributed by atoms with van der Waals surface area (Å²) >= 11 is 0. The fourth-order valence-electron chi connectivity index (χ4n) is 1.16. The molecule has 1 aliphatic heterocycles. The first-order valence-corrected chi connectivity index (χ1v) is 3.68. The number of hydrogen-bond donors (Lipinski definition) is 1. The summed E-state index contributed by atoms with van der Waals surface area (Å²) in [4.78, 5) is 21.7. The first-order chi connectivity index (χ1) is 5.24. The number of hydrogen-bond acceptors (Lipinski definition) is 2. The Kier molecular flexibility index (Phi) is 2.41. The molecule has 0 aromatic heterocycles. The van der Waals surface area contributed by atoms with Gasteiger partial charge in [-0.05, 0) is 12.8 Å². The van der Waals surface area contributed by atoms with Gasteiger partial charge in [-0.2, -0.15) is 0 Å². The van der Waals surface area contributed by atoms with Gasteiger partial charge >= 0.3 is 0 Å². The van der Waals surface area contributed by atoms with Crippen molar-refractivity contribution in [1.29, 1.82) is 0 Å². The molecule has 1 unspecified atom stereocenters. The third-order valence-corrected chi connectivity index (χ3v) is 1.80. The number of imide groups is 1. The van der Waals surface area contributed by atoms with Crippen molar-refractivity contribution in [2.24, 2.45) is 5.92 Å². The van der Waals surface area contributed by atoms with Gasteiger partial charge in [0, 0.05) is 12.3 Å². The minimum atomic E-state index is -0.157. The van der Waals surface area contributed by atoms with Crippen LogP contribution in [0.5, 0.6) is 0 Å². The average Bonchev–Trinajstić information content (AvgIpc) is 1.95. The van der Waals surface area contributed by atoms with E-state index in [2.05, 4.69) is 11.9 Å². The molecule has 1 rings (SSSR count). The second-order valence-corrected chi connectivity index (χ2v) is 2.67. The number of nitrogens with one attached hydrogen (secondary N) is 1. The van der Waals surface area contributed by atoms with Crippen molar-refractivity contribution in [3.05, 3.63) is 12.7 Å². The number of carbonyl (C=O) groups excluding carboxylic acids is 2. The molecule has 0 aromatic rings. The first-order valence-electron chi connectivity index (χ1n) is 3.68. The minimum Gasteiger partial charge on any atom is -0.296 e. The van der Waals surface area contributed by atoms with Gasteiger partial charge in [0.15, 0.2) is 0 Å². The molecule has 1 saturated heterocycles. The lowest BCUT2D eigenvalue weighted by Crippen LogP contribution is -2.40. The molecule has 11 heavy (non-hydrogen) atoms. The molecule has 0 saturated carbocycles. The zero-order valence-electron chi connectivity index (χ0n) is 6.30. The van der Waals surface area contributed by atoms with Crippen LogP contribution in [0, 0.1) is 5.92 Å². The highest BCUT2D eigenvalue weighted by Crippen LogP contribution is 2.15. The lowest BCUT2D eigenvalue weighted by molar-refractivity contribution is -0.136. The van der Waals surface area contributed by atoms with Crippen molar-refractivity contribution < 1.29 is 9.59 Å². The molecular formula is C8H11NO2. The van der Waals surface area contributed by atoms with E-state index in [-0.39, 0.29) is 17.7 Å². The number of allylic oxidation sites excluding steroid dienone is 1. The molecule has 0 spiro atoms. The quantitative estimate of drug-likeness (QED) is 0.467. The molecule has 1 atom stereocenters. The lowest BCUT2D eigenvalue weighted by Gasteiger charge is -2.18. The summed E-state index contributed by atoms with van der Waals surface area (Å²) in [5.74, 6) is -0.346. The van der Waals surface area contributed by atoms with Gasteiger partial charge in [0.05, 0.1) is 0 Å². The van der Waals surface area contributed by atoms with Crippen LogP contribution in [0.4, 0.5) is 0 Å². The molecule has 3 heteroatoms. The van der Waals surface area contributed by atoms with Crippen LogP contribution in [0.3, 0.4) is 0 Å². The number of piperidine rings is 1. The van der Waals surface area contributed by atoms with Gasteiger partial charge < -0.3 is 0 Å². The molecule has 1 fully saturated rings. The predicted molar refractivity (Wildman–Crippen MR) is 40.7 cm³/mol. The molecule has 60 valence electrons. The highest BCUT2D eigenvalue weighted by molar-refractivity contribution is 5.98. The molecule has 0 aliphatic carbocycles. The molecule has 2 amide bonds. The Morgan fingerprint density at radius 3 is 2.91 bits per heavy atom. The van der Waals surface area contributed by atoms with E-state index in [4.69, 9.17) is 0 Å². The van der Waals surface area contributed by atoms with E-state index in [0.29, 0.717) is 19.3 Å². The van der Waals surface area contributed by atoms with E-state index in [1.54, 1.807) is 6.08 Å². The fraction of sp³-hybridized carbons (Fsp3) is 0.500. The molecule has 1 heterocycles. The van der Waals surface area contributed by atoms with Gasteiger partial charge in [-0.1, -0.05) is 6.08 Å². The van der Waals surface area contributed by atoms with Crippen LogP contribution in [0.1, 0.15) is 19.3 Å². The summed E-state index contributed by atoms with van der Waals surface area (Å²) in [5.41, 5.74) is 0. The van der Waals surface area contributed by atoms with E-state index in [1.165, 1.54) is 0 Å². The Hall–Kier alpha value is -1.12. The van der Waals surface area contributed by atoms with Crippen LogP contribution in [0.15, 0.2) is 12.7 Å². The Balaban J connectivity index is 2.50. The van der Waals surface area contributed by atoms with Gasteiger partial charge in [-0.3, -0.25) is 14.9 Å². The van der Waals surface area contributed by atoms with Gasteiger partial charge in [-0.25, -0.2) is 0 Å². The van der Waals surface area contributed by atoms with Crippen molar-refractivity contribution in [3.63, 3.8) is 0 Å². The van der Waals surface area contributed by atoms with Crippen molar-refractivity contribution in [2.75, 3.05) is 0 Å². The van der Waals surface area contributed by atoms with E-state index in [0.717, 1.165) is 0 Å². The summed E-state index contributed by atoms with van der Waals surface area (Å²) < 4.78 is 0. The van der Waals surface area contributed by atoms with E-state index in [9.17, 15) is 9.59 Å². The summed E-state index contributed by atoms with van der Waals surface area (Å²) in [6, 6.07) is 0. The molecule has 1 aliphatic rings. The Morgan fingerprint density at radius 1 is 1.64 bits per heavy atom. The van der Waals surface area contributed by atoms with Crippen molar-refractivity contribution in [3.8, 4) is 0 Å². The van der Waals surface area contributed by atoms with Gasteiger partial charge in [-0.15, -0.1) is 6.58 Å². The smallest absolute Gasteiger partial charge is 0.229 e.